The Labute approximate surface area is 171 Å². The summed E-state index contributed by atoms with van der Waals surface area (Å²) >= 11 is 0. The lowest BCUT2D eigenvalue weighted by Crippen LogP contribution is -2.37. The Kier molecular flexibility index (Phi) is 10.8. The molecule has 5 heteroatoms. The van der Waals surface area contributed by atoms with E-state index in [0.717, 1.165) is 31.7 Å². The number of aryl methyl sites for hydroxylation is 1. The van der Waals surface area contributed by atoms with Crippen LogP contribution in [0.1, 0.15) is 58.9 Å². The lowest BCUT2D eigenvalue weighted by Gasteiger charge is -2.28. The molecule has 1 aromatic rings. The lowest BCUT2D eigenvalue weighted by atomic mass is 9.85. The van der Waals surface area contributed by atoms with Crippen LogP contribution in [0.3, 0.4) is 0 Å². The zero-order chi connectivity index (χ0) is 18.9. The van der Waals surface area contributed by atoms with Crippen molar-refractivity contribution in [1.29, 1.82) is 0 Å². The minimum absolute atomic E-state index is 0. The van der Waals surface area contributed by atoms with Gasteiger partial charge in [0, 0.05) is 12.5 Å². The summed E-state index contributed by atoms with van der Waals surface area (Å²) in [6.07, 6.45) is 5.23. The van der Waals surface area contributed by atoms with Crippen LogP contribution in [0.25, 0.3) is 0 Å². The van der Waals surface area contributed by atoms with Crippen LogP contribution in [0.2, 0.25) is 0 Å². The fraction of sp³-hybridized carbons (Fsp3) is 0.682. The Morgan fingerprint density at radius 2 is 1.93 bits per heavy atom. The average Bonchev–Trinajstić information content (AvgIpc) is 2.61. The highest BCUT2D eigenvalue weighted by molar-refractivity contribution is 5.85. The fourth-order valence-electron chi connectivity index (χ4n) is 3.62. The second-order valence-electron chi connectivity index (χ2n) is 8.11. The van der Waals surface area contributed by atoms with Gasteiger partial charge in [0.1, 0.15) is 5.75 Å². The van der Waals surface area contributed by atoms with Crippen molar-refractivity contribution in [2.24, 2.45) is 11.8 Å². The van der Waals surface area contributed by atoms with Crippen LogP contribution >= 0.6 is 12.4 Å². The normalized spacial score (nSPS) is 19.1. The van der Waals surface area contributed by atoms with Crippen LogP contribution < -0.4 is 15.4 Å². The van der Waals surface area contributed by atoms with Crippen molar-refractivity contribution >= 4 is 18.3 Å². The summed E-state index contributed by atoms with van der Waals surface area (Å²) in [6, 6.07) is 8.48. The molecular weight excluding hydrogens is 360 g/mol. The van der Waals surface area contributed by atoms with E-state index in [-0.39, 0.29) is 30.5 Å². The van der Waals surface area contributed by atoms with Gasteiger partial charge in [0.05, 0.1) is 6.10 Å². The monoisotopic (exact) mass is 396 g/mol. The van der Waals surface area contributed by atoms with Gasteiger partial charge in [0.15, 0.2) is 0 Å². The van der Waals surface area contributed by atoms with Crippen LogP contribution in [-0.2, 0) is 11.2 Å². The molecule has 2 N–H and O–H groups in total. The Morgan fingerprint density at radius 1 is 1.22 bits per heavy atom. The van der Waals surface area contributed by atoms with Gasteiger partial charge in [-0.05, 0) is 89.1 Å². The van der Waals surface area contributed by atoms with E-state index in [0.29, 0.717) is 18.3 Å². The number of benzene rings is 1. The molecule has 0 saturated carbocycles. The summed E-state index contributed by atoms with van der Waals surface area (Å²) in [5.41, 5.74) is 1.28. The number of carbonyl (C=O) groups excluding carboxylic acids is 1. The minimum Gasteiger partial charge on any atom is -0.491 e. The molecule has 1 amide bonds. The van der Waals surface area contributed by atoms with Crippen LogP contribution in [0.4, 0.5) is 0 Å². The minimum atomic E-state index is 0. The number of amides is 1. The van der Waals surface area contributed by atoms with Crippen molar-refractivity contribution in [3.63, 3.8) is 0 Å². The van der Waals surface area contributed by atoms with E-state index in [4.69, 9.17) is 4.74 Å². The van der Waals surface area contributed by atoms with Crippen LogP contribution in [0, 0.1) is 11.8 Å². The Hall–Kier alpha value is -1.26. The first kappa shape index (κ1) is 23.8. The molecule has 0 radical (unpaired) electrons. The van der Waals surface area contributed by atoms with E-state index >= 15 is 0 Å². The third-order valence-electron chi connectivity index (χ3n) is 5.22. The zero-order valence-corrected chi connectivity index (χ0v) is 18.1. The van der Waals surface area contributed by atoms with Gasteiger partial charge in [-0.3, -0.25) is 4.79 Å². The first-order valence-electron chi connectivity index (χ1n) is 10.2. The smallest absolute Gasteiger partial charge is 0.220 e. The molecule has 27 heavy (non-hydrogen) atoms. The Balaban J connectivity index is 0.00000364. The summed E-state index contributed by atoms with van der Waals surface area (Å²) < 4.78 is 5.67. The van der Waals surface area contributed by atoms with E-state index in [1.165, 1.54) is 18.4 Å². The van der Waals surface area contributed by atoms with Gasteiger partial charge in [0.25, 0.3) is 0 Å². The average molecular weight is 397 g/mol. The topological polar surface area (TPSA) is 50.4 Å². The number of rotatable bonds is 9. The second kappa shape index (κ2) is 12.2. The van der Waals surface area contributed by atoms with E-state index in [9.17, 15) is 4.79 Å². The number of ether oxygens (including phenoxy) is 1. The highest BCUT2D eigenvalue weighted by Gasteiger charge is 2.22. The van der Waals surface area contributed by atoms with Crippen molar-refractivity contribution in [3.8, 4) is 5.75 Å². The lowest BCUT2D eigenvalue weighted by molar-refractivity contribution is -0.123. The molecule has 4 nitrogen and oxygen atoms in total. The molecule has 1 saturated heterocycles. The summed E-state index contributed by atoms with van der Waals surface area (Å²) in [6.45, 7) is 10.6. The number of carbonyl (C=O) groups is 1. The molecule has 1 aliphatic rings. The standard InChI is InChI=1S/C22H36N2O2.ClH/c1-16(2)26-21-11-9-19(10-12-21)8-7-18(4)24-22(25)14-17(3)20-6-5-13-23-15-20;/h9-12,16-18,20,23H,5-8,13-15H2,1-4H3,(H,24,25);1H. The van der Waals surface area contributed by atoms with Crippen LogP contribution in [0.15, 0.2) is 24.3 Å². The highest BCUT2D eigenvalue weighted by atomic mass is 35.5. The molecule has 1 aliphatic heterocycles. The van der Waals surface area contributed by atoms with Crippen molar-refractivity contribution in [2.45, 2.75) is 71.9 Å². The number of nitrogens with one attached hydrogen (secondary N) is 2. The summed E-state index contributed by atoms with van der Waals surface area (Å²) in [5.74, 6) is 2.19. The van der Waals surface area contributed by atoms with Crippen LogP contribution in [-0.4, -0.2) is 31.1 Å². The van der Waals surface area contributed by atoms with Crippen molar-refractivity contribution in [3.05, 3.63) is 29.8 Å². The fourth-order valence-corrected chi connectivity index (χ4v) is 3.62. The third kappa shape index (κ3) is 8.98. The number of hydrogen-bond donors (Lipinski definition) is 2. The molecule has 2 rings (SSSR count). The quantitative estimate of drug-likeness (QED) is 0.652. The van der Waals surface area contributed by atoms with Gasteiger partial charge in [-0.25, -0.2) is 0 Å². The van der Waals surface area contributed by atoms with Gasteiger partial charge >= 0.3 is 0 Å². The number of halogens is 1. The molecule has 3 atom stereocenters. The number of hydrogen-bond acceptors (Lipinski definition) is 3. The van der Waals surface area contributed by atoms with Crippen molar-refractivity contribution in [2.75, 3.05) is 13.1 Å². The zero-order valence-electron chi connectivity index (χ0n) is 17.3. The first-order chi connectivity index (χ1) is 12.4. The third-order valence-corrected chi connectivity index (χ3v) is 5.22. The molecule has 0 aliphatic carbocycles. The molecule has 0 aromatic heterocycles. The molecule has 1 heterocycles. The predicted molar refractivity (Wildman–Crippen MR) is 115 cm³/mol. The maximum absolute atomic E-state index is 12.3. The summed E-state index contributed by atoms with van der Waals surface area (Å²) in [7, 11) is 0. The molecule has 3 unspecified atom stereocenters. The highest BCUT2D eigenvalue weighted by Crippen LogP contribution is 2.22. The summed E-state index contributed by atoms with van der Waals surface area (Å²) in [4.78, 5) is 12.3. The van der Waals surface area contributed by atoms with E-state index in [2.05, 4.69) is 36.6 Å². The molecule has 1 fully saturated rings. The molecular formula is C22H37ClN2O2. The first-order valence-corrected chi connectivity index (χ1v) is 10.2. The molecule has 0 spiro atoms. The van der Waals surface area contributed by atoms with Gasteiger partial charge in [0.2, 0.25) is 5.91 Å². The van der Waals surface area contributed by atoms with Crippen molar-refractivity contribution in [1.82, 2.24) is 10.6 Å². The van der Waals surface area contributed by atoms with Gasteiger partial charge in [-0.1, -0.05) is 19.1 Å². The van der Waals surface area contributed by atoms with Gasteiger partial charge in [-0.2, -0.15) is 0 Å². The van der Waals surface area contributed by atoms with Crippen LogP contribution in [0.5, 0.6) is 5.75 Å². The summed E-state index contributed by atoms with van der Waals surface area (Å²) in [5, 5.41) is 6.62. The second-order valence-corrected chi connectivity index (χ2v) is 8.11. The number of piperidine rings is 1. The predicted octanol–water partition coefficient (Wildman–Crippen LogP) is 4.36. The van der Waals surface area contributed by atoms with E-state index < -0.39 is 0 Å². The largest absolute Gasteiger partial charge is 0.491 e. The maximum atomic E-state index is 12.3. The molecule has 0 bridgehead atoms. The Bertz CT molecular complexity index is 542. The van der Waals surface area contributed by atoms with E-state index in [1.54, 1.807) is 0 Å². The SMILES string of the molecule is CC(CCc1ccc(OC(C)C)cc1)NC(=O)CC(C)C1CCCNC1.Cl. The molecule has 154 valence electrons. The Morgan fingerprint density at radius 3 is 2.52 bits per heavy atom. The maximum Gasteiger partial charge on any atom is 0.220 e. The van der Waals surface area contributed by atoms with Crippen molar-refractivity contribution < 1.29 is 9.53 Å². The van der Waals surface area contributed by atoms with Gasteiger partial charge in [-0.15, -0.1) is 12.4 Å². The van der Waals surface area contributed by atoms with E-state index in [1.807, 2.05) is 26.0 Å². The van der Waals surface area contributed by atoms with Gasteiger partial charge < -0.3 is 15.4 Å². The molecule has 1 aromatic carbocycles.